The summed E-state index contributed by atoms with van der Waals surface area (Å²) in [6.45, 7) is 2.62. The molecule has 1 amide bonds. The highest BCUT2D eigenvalue weighted by molar-refractivity contribution is 7.11. The summed E-state index contributed by atoms with van der Waals surface area (Å²) in [6.07, 6.45) is 3.76. The number of carbonyl (C=O) groups is 1. The minimum atomic E-state index is -0.242. The second-order valence-corrected chi connectivity index (χ2v) is 4.98. The van der Waals surface area contributed by atoms with Crippen LogP contribution in [-0.4, -0.2) is 15.9 Å². The highest BCUT2D eigenvalue weighted by Gasteiger charge is 2.07. The summed E-state index contributed by atoms with van der Waals surface area (Å²) in [5.41, 5.74) is 5.68. The highest BCUT2D eigenvalue weighted by Crippen LogP contribution is 2.16. The summed E-state index contributed by atoms with van der Waals surface area (Å²) in [4.78, 5) is 21.9. The lowest BCUT2D eigenvalue weighted by Gasteiger charge is -2.02. The fourth-order valence-electron chi connectivity index (χ4n) is 1.42. The molecule has 94 valence electrons. The van der Waals surface area contributed by atoms with Crippen LogP contribution in [0.3, 0.4) is 0 Å². The zero-order chi connectivity index (χ0) is 13.0. The third-order valence-corrected chi connectivity index (χ3v) is 3.62. The first-order valence-electron chi connectivity index (χ1n) is 5.62. The first-order valence-corrected chi connectivity index (χ1v) is 6.44. The van der Waals surface area contributed by atoms with Crippen LogP contribution in [0.15, 0.2) is 24.5 Å². The van der Waals surface area contributed by atoms with Gasteiger partial charge in [-0.3, -0.25) is 4.79 Å². The molecule has 0 fully saturated rings. The van der Waals surface area contributed by atoms with Gasteiger partial charge in [-0.05, 0) is 18.6 Å². The summed E-state index contributed by atoms with van der Waals surface area (Å²) in [5, 5.41) is 2.80. The van der Waals surface area contributed by atoms with Crippen molar-refractivity contribution in [3.63, 3.8) is 0 Å². The van der Waals surface area contributed by atoms with Gasteiger partial charge in [-0.15, -0.1) is 11.3 Å². The maximum atomic E-state index is 11.8. The molecule has 0 radical (unpaired) electrons. The number of aromatic nitrogens is 2. The average molecular weight is 262 g/mol. The van der Waals surface area contributed by atoms with E-state index in [1.807, 2.05) is 6.07 Å². The van der Waals surface area contributed by atoms with E-state index in [1.54, 1.807) is 11.3 Å². The standard InChI is InChI=1S/C12H14N4OS/c1-2-8-3-4-9(18-8)5-16-12(17)10-6-15-11(13)7-14-10/h3-4,6-7H,2,5H2,1H3,(H2,13,15)(H,16,17). The second-order valence-electron chi connectivity index (χ2n) is 3.73. The zero-order valence-corrected chi connectivity index (χ0v) is 10.8. The molecular weight excluding hydrogens is 248 g/mol. The van der Waals surface area contributed by atoms with Crippen LogP contribution >= 0.6 is 11.3 Å². The maximum absolute atomic E-state index is 11.8. The Kier molecular flexibility index (Phi) is 3.88. The normalized spacial score (nSPS) is 10.3. The van der Waals surface area contributed by atoms with Crippen molar-refractivity contribution in [2.24, 2.45) is 0 Å². The molecule has 6 heteroatoms. The van der Waals surface area contributed by atoms with Crippen LogP contribution in [0.25, 0.3) is 0 Å². The van der Waals surface area contributed by atoms with Gasteiger partial charge >= 0.3 is 0 Å². The van der Waals surface area contributed by atoms with E-state index in [9.17, 15) is 4.79 Å². The Morgan fingerprint density at radius 1 is 1.33 bits per heavy atom. The predicted molar refractivity (Wildman–Crippen MR) is 71.3 cm³/mol. The summed E-state index contributed by atoms with van der Waals surface area (Å²) in [6, 6.07) is 4.10. The number of aryl methyl sites for hydroxylation is 1. The van der Waals surface area contributed by atoms with Gasteiger partial charge in [0.2, 0.25) is 0 Å². The van der Waals surface area contributed by atoms with Crippen molar-refractivity contribution in [3.05, 3.63) is 40.0 Å². The molecule has 0 saturated carbocycles. The molecule has 2 aromatic rings. The van der Waals surface area contributed by atoms with Crippen LogP contribution in [0.4, 0.5) is 5.82 Å². The third kappa shape index (κ3) is 3.04. The maximum Gasteiger partial charge on any atom is 0.271 e. The summed E-state index contributed by atoms with van der Waals surface area (Å²) in [7, 11) is 0. The molecule has 0 unspecified atom stereocenters. The molecule has 2 rings (SSSR count). The Balaban J connectivity index is 1.93. The average Bonchev–Trinajstić information content (AvgIpc) is 2.85. The molecular formula is C12H14N4OS. The lowest BCUT2D eigenvalue weighted by molar-refractivity contribution is 0.0946. The van der Waals surface area contributed by atoms with E-state index < -0.39 is 0 Å². The summed E-state index contributed by atoms with van der Waals surface area (Å²) >= 11 is 1.70. The number of amides is 1. The number of hydrogen-bond donors (Lipinski definition) is 2. The fraction of sp³-hybridized carbons (Fsp3) is 0.250. The van der Waals surface area contributed by atoms with Crippen molar-refractivity contribution < 1.29 is 4.79 Å². The number of nitrogens with zero attached hydrogens (tertiary/aromatic N) is 2. The van der Waals surface area contributed by atoms with Crippen LogP contribution in [0.2, 0.25) is 0 Å². The lowest BCUT2D eigenvalue weighted by Crippen LogP contribution is -2.23. The molecule has 0 atom stereocenters. The Morgan fingerprint density at radius 3 is 2.72 bits per heavy atom. The van der Waals surface area contributed by atoms with Crippen molar-refractivity contribution in [2.45, 2.75) is 19.9 Å². The highest BCUT2D eigenvalue weighted by atomic mass is 32.1. The summed E-state index contributed by atoms with van der Waals surface area (Å²) < 4.78 is 0. The SMILES string of the molecule is CCc1ccc(CNC(=O)c2cnc(N)cn2)s1. The number of thiophene rings is 1. The predicted octanol–water partition coefficient (Wildman–Crippen LogP) is 1.61. The van der Waals surface area contributed by atoms with Crippen molar-refractivity contribution in [2.75, 3.05) is 5.73 Å². The van der Waals surface area contributed by atoms with Crippen molar-refractivity contribution in [3.8, 4) is 0 Å². The molecule has 0 aromatic carbocycles. The Bertz CT molecular complexity index is 535. The number of anilines is 1. The number of carbonyl (C=O) groups excluding carboxylic acids is 1. The number of nitrogens with one attached hydrogen (secondary N) is 1. The number of nitrogens with two attached hydrogens (primary N) is 1. The number of rotatable bonds is 4. The largest absolute Gasteiger partial charge is 0.382 e. The summed E-state index contributed by atoms with van der Waals surface area (Å²) in [5.74, 6) is 0.0614. The van der Waals surface area contributed by atoms with E-state index in [1.165, 1.54) is 17.3 Å². The number of hydrogen-bond acceptors (Lipinski definition) is 5. The molecule has 0 aliphatic rings. The molecule has 0 aliphatic carbocycles. The van der Waals surface area contributed by atoms with Crippen LogP contribution in [-0.2, 0) is 13.0 Å². The number of nitrogen functional groups attached to an aromatic ring is 1. The van der Waals surface area contributed by atoms with E-state index in [4.69, 9.17) is 5.73 Å². The van der Waals surface area contributed by atoms with Crippen LogP contribution < -0.4 is 11.1 Å². The van der Waals surface area contributed by atoms with Crippen molar-refractivity contribution >= 4 is 23.1 Å². The quantitative estimate of drug-likeness (QED) is 0.877. The molecule has 18 heavy (non-hydrogen) atoms. The van der Waals surface area contributed by atoms with Gasteiger partial charge in [-0.1, -0.05) is 6.92 Å². The van der Waals surface area contributed by atoms with Gasteiger partial charge in [-0.25, -0.2) is 9.97 Å². The van der Waals surface area contributed by atoms with Gasteiger partial charge in [0.05, 0.1) is 18.9 Å². The molecule has 0 aliphatic heterocycles. The lowest BCUT2D eigenvalue weighted by atomic mass is 10.3. The molecule has 2 aromatic heterocycles. The molecule has 0 saturated heterocycles. The van der Waals surface area contributed by atoms with E-state index in [0.717, 1.165) is 11.3 Å². The molecule has 0 bridgehead atoms. The van der Waals surface area contributed by atoms with E-state index in [0.29, 0.717) is 12.4 Å². The van der Waals surface area contributed by atoms with E-state index >= 15 is 0 Å². The van der Waals surface area contributed by atoms with Gasteiger partial charge in [0.25, 0.3) is 5.91 Å². The Hall–Kier alpha value is -1.95. The molecule has 2 heterocycles. The first kappa shape index (κ1) is 12.5. The van der Waals surface area contributed by atoms with Gasteiger partial charge in [0, 0.05) is 9.75 Å². The topological polar surface area (TPSA) is 80.9 Å². The molecule has 0 spiro atoms. The van der Waals surface area contributed by atoms with Crippen LogP contribution in [0, 0.1) is 0 Å². The minimum absolute atomic E-state index is 0.242. The Labute approximate surface area is 109 Å². The third-order valence-electron chi connectivity index (χ3n) is 2.39. The fourth-order valence-corrected chi connectivity index (χ4v) is 2.32. The molecule has 5 nitrogen and oxygen atoms in total. The Morgan fingerprint density at radius 2 is 2.11 bits per heavy atom. The van der Waals surface area contributed by atoms with Crippen molar-refractivity contribution in [1.29, 1.82) is 0 Å². The van der Waals surface area contributed by atoms with Gasteiger partial charge in [0.1, 0.15) is 11.5 Å². The second kappa shape index (κ2) is 5.59. The minimum Gasteiger partial charge on any atom is -0.382 e. The first-order chi connectivity index (χ1) is 8.69. The molecule has 3 N–H and O–H groups in total. The van der Waals surface area contributed by atoms with Crippen molar-refractivity contribution in [1.82, 2.24) is 15.3 Å². The zero-order valence-electron chi connectivity index (χ0n) is 10.0. The van der Waals surface area contributed by atoms with Gasteiger partial charge in [-0.2, -0.15) is 0 Å². The van der Waals surface area contributed by atoms with Crippen LogP contribution in [0.1, 0.15) is 27.2 Å². The smallest absolute Gasteiger partial charge is 0.271 e. The van der Waals surface area contributed by atoms with Gasteiger partial charge < -0.3 is 11.1 Å². The van der Waals surface area contributed by atoms with Crippen LogP contribution in [0.5, 0.6) is 0 Å². The van der Waals surface area contributed by atoms with E-state index in [-0.39, 0.29) is 11.6 Å². The van der Waals surface area contributed by atoms with E-state index in [2.05, 4.69) is 28.3 Å². The monoisotopic (exact) mass is 262 g/mol. The van der Waals surface area contributed by atoms with Gasteiger partial charge in [0.15, 0.2) is 0 Å².